The van der Waals surface area contributed by atoms with Gasteiger partial charge < -0.3 is 15.0 Å². The minimum absolute atomic E-state index is 0.156. The van der Waals surface area contributed by atoms with E-state index in [9.17, 15) is 31.9 Å². The van der Waals surface area contributed by atoms with Gasteiger partial charge in [-0.15, -0.1) is 0 Å². The van der Waals surface area contributed by atoms with Gasteiger partial charge in [0.15, 0.2) is 0 Å². The topological polar surface area (TPSA) is 118 Å². The van der Waals surface area contributed by atoms with Crippen LogP contribution in [0.2, 0.25) is 0 Å². The summed E-state index contributed by atoms with van der Waals surface area (Å²) in [6.07, 6.45) is 2.64. The molecule has 0 saturated heterocycles. The number of amides is 1. The summed E-state index contributed by atoms with van der Waals surface area (Å²) in [5, 5.41) is 12.2. The molecule has 1 aliphatic carbocycles. The second-order valence-electron chi connectivity index (χ2n) is 12.7. The first-order valence-electron chi connectivity index (χ1n) is 14.1. The predicted molar refractivity (Wildman–Crippen MR) is 155 cm³/mol. The molecule has 1 heterocycles. The average molecular weight is 596 g/mol. The number of sulfonamides is 1. The molecule has 2 aromatic rings. The molecule has 228 valence electrons. The fraction of sp³-hybridized carbons (Fsp3) is 0.600. The molecule has 0 unspecified atom stereocenters. The summed E-state index contributed by atoms with van der Waals surface area (Å²) in [5.74, 6) is -0.970. The Morgan fingerprint density at radius 2 is 1.71 bits per heavy atom. The maximum absolute atomic E-state index is 14.3. The summed E-state index contributed by atoms with van der Waals surface area (Å²) >= 11 is 0. The molecule has 1 fully saturated rings. The summed E-state index contributed by atoms with van der Waals surface area (Å²) in [6.45, 7) is 10.7. The molecular formula is C30H43F2N3O5S. The number of nitrogens with zero attached hydrogens (tertiary/aromatic N) is 1. The summed E-state index contributed by atoms with van der Waals surface area (Å²) in [5.41, 5.74) is -0.484. The molecule has 0 atom stereocenters. The number of nitrogens with one attached hydrogen (secondary N) is 2. The molecule has 1 aromatic carbocycles. The highest BCUT2D eigenvalue weighted by Gasteiger charge is 2.30. The molecule has 1 aliphatic rings. The van der Waals surface area contributed by atoms with Gasteiger partial charge in [-0.2, -0.15) is 0 Å². The van der Waals surface area contributed by atoms with Crippen molar-refractivity contribution in [1.82, 2.24) is 14.6 Å². The molecule has 0 spiro atoms. The number of benzene rings is 1. The first-order valence-corrected chi connectivity index (χ1v) is 15.6. The number of alkyl halides is 2. The Morgan fingerprint density at radius 3 is 2.27 bits per heavy atom. The van der Waals surface area contributed by atoms with E-state index in [0.717, 1.165) is 25.7 Å². The highest BCUT2D eigenvalue weighted by molar-refractivity contribution is 7.89. The van der Waals surface area contributed by atoms with Gasteiger partial charge in [-0.05, 0) is 90.5 Å². The number of carbonyl (C=O) groups is 2. The van der Waals surface area contributed by atoms with Crippen LogP contribution in [0.15, 0.2) is 29.2 Å². The number of carbonyl (C=O) groups excluding carboxylic acids is 1. The lowest BCUT2D eigenvalue weighted by atomic mass is 9.89. The molecule has 0 bridgehead atoms. The van der Waals surface area contributed by atoms with E-state index >= 15 is 0 Å². The molecule has 1 aromatic heterocycles. The molecule has 3 rings (SSSR count). The number of carboxylic acid groups (broad SMARTS) is 1. The van der Waals surface area contributed by atoms with E-state index in [1.165, 1.54) is 24.6 Å². The third kappa shape index (κ3) is 8.16. The van der Waals surface area contributed by atoms with Crippen molar-refractivity contribution in [3.8, 4) is 11.3 Å². The van der Waals surface area contributed by atoms with E-state index in [1.807, 2.05) is 11.5 Å². The SMILES string of the molecule is Cc1c(C(=O)NCCC(C)(C)C(=O)O)cc(-c2ccc(S(=O)(=O)NC(C)(C)C)c(C(F)F)c2)n1CC1CCCCC1. The van der Waals surface area contributed by atoms with Crippen LogP contribution in [0.5, 0.6) is 0 Å². The van der Waals surface area contributed by atoms with Crippen LogP contribution in [0.3, 0.4) is 0 Å². The van der Waals surface area contributed by atoms with Crippen LogP contribution in [0.25, 0.3) is 11.3 Å². The summed E-state index contributed by atoms with van der Waals surface area (Å²) < 4.78 is 58.9. The maximum Gasteiger partial charge on any atom is 0.309 e. The lowest BCUT2D eigenvalue weighted by Gasteiger charge is -2.25. The van der Waals surface area contributed by atoms with Crippen LogP contribution >= 0.6 is 0 Å². The second kappa shape index (κ2) is 12.6. The quantitative estimate of drug-likeness (QED) is 0.282. The van der Waals surface area contributed by atoms with E-state index in [1.54, 1.807) is 40.7 Å². The zero-order chi connectivity index (χ0) is 30.8. The number of hydrogen-bond donors (Lipinski definition) is 3. The van der Waals surface area contributed by atoms with Crippen molar-refractivity contribution in [2.75, 3.05) is 6.54 Å². The van der Waals surface area contributed by atoms with Crippen molar-refractivity contribution in [2.24, 2.45) is 11.3 Å². The summed E-state index contributed by atoms with van der Waals surface area (Å²) in [7, 11) is -4.21. The molecule has 8 nitrogen and oxygen atoms in total. The zero-order valence-corrected chi connectivity index (χ0v) is 25.6. The predicted octanol–water partition coefficient (Wildman–Crippen LogP) is 6.29. The number of aromatic nitrogens is 1. The lowest BCUT2D eigenvalue weighted by molar-refractivity contribution is -0.147. The molecular weight excluding hydrogens is 552 g/mol. The summed E-state index contributed by atoms with van der Waals surface area (Å²) in [4.78, 5) is 24.2. The number of halogens is 2. The Kier molecular flexibility index (Phi) is 10.1. The van der Waals surface area contributed by atoms with Crippen LogP contribution in [0.1, 0.15) is 101 Å². The van der Waals surface area contributed by atoms with Gasteiger partial charge in [-0.25, -0.2) is 21.9 Å². The minimum atomic E-state index is -4.21. The van der Waals surface area contributed by atoms with Crippen LogP contribution in [0.4, 0.5) is 8.78 Å². The van der Waals surface area contributed by atoms with E-state index in [2.05, 4.69) is 10.0 Å². The van der Waals surface area contributed by atoms with E-state index < -0.39 is 43.8 Å². The van der Waals surface area contributed by atoms with Gasteiger partial charge in [0.1, 0.15) is 0 Å². The van der Waals surface area contributed by atoms with Crippen molar-refractivity contribution in [3.05, 3.63) is 41.1 Å². The molecule has 11 heteroatoms. The normalized spacial score (nSPS) is 15.3. The molecule has 41 heavy (non-hydrogen) atoms. The van der Waals surface area contributed by atoms with Gasteiger partial charge in [-0.1, -0.05) is 25.3 Å². The van der Waals surface area contributed by atoms with Crippen molar-refractivity contribution >= 4 is 21.9 Å². The van der Waals surface area contributed by atoms with Crippen molar-refractivity contribution in [2.45, 2.75) is 103 Å². The van der Waals surface area contributed by atoms with Crippen LogP contribution in [0, 0.1) is 18.3 Å². The maximum atomic E-state index is 14.3. The smallest absolute Gasteiger partial charge is 0.309 e. The number of aliphatic carboxylic acids is 1. The van der Waals surface area contributed by atoms with E-state index in [0.29, 0.717) is 35.0 Å². The molecule has 3 N–H and O–H groups in total. The third-order valence-corrected chi connectivity index (χ3v) is 9.49. The van der Waals surface area contributed by atoms with Gasteiger partial charge in [0.2, 0.25) is 10.0 Å². The third-order valence-electron chi connectivity index (χ3n) is 7.66. The standard InChI is InChI=1S/C30H43F2N3O5S/c1-19-22(27(36)33-15-14-30(5,6)28(37)38)17-24(35(19)18-20-10-8-7-9-11-20)21-12-13-25(23(16-21)26(31)32)41(39,40)34-29(2,3)4/h12-13,16-17,20,26,34H,7-11,14-15,18H2,1-6H3,(H,33,36)(H,37,38). The Bertz CT molecular complexity index is 1370. The van der Waals surface area contributed by atoms with Gasteiger partial charge in [0.05, 0.1) is 15.9 Å². The molecule has 0 radical (unpaired) electrons. The van der Waals surface area contributed by atoms with Crippen LogP contribution in [-0.2, 0) is 21.4 Å². The van der Waals surface area contributed by atoms with Gasteiger partial charge >= 0.3 is 5.97 Å². The van der Waals surface area contributed by atoms with Crippen LogP contribution < -0.4 is 10.0 Å². The highest BCUT2D eigenvalue weighted by Crippen LogP contribution is 2.35. The fourth-order valence-corrected chi connectivity index (χ4v) is 6.87. The highest BCUT2D eigenvalue weighted by atomic mass is 32.2. The summed E-state index contributed by atoms with van der Waals surface area (Å²) in [6, 6.07) is 5.56. The monoisotopic (exact) mass is 595 g/mol. The Hall–Kier alpha value is -2.79. The van der Waals surface area contributed by atoms with Crippen LogP contribution in [-0.4, -0.2) is 42.1 Å². The van der Waals surface area contributed by atoms with Crippen molar-refractivity contribution in [1.29, 1.82) is 0 Å². The Morgan fingerprint density at radius 1 is 1.07 bits per heavy atom. The largest absolute Gasteiger partial charge is 0.481 e. The second-order valence-corrected chi connectivity index (χ2v) is 14.4. The van der Waals surface area contributed by atoms with E-state index in [4.69, 9.17) is 0 Å². The first kappa shape index (κ1) is 32.7. The zero-order valence-electron chi connectivity index (χ0n) is 24.8. The Labute approximate surface area is 242 Å². The van der Waals surface area contributed by atoms with Gasteiger partial charge in [0.25, 0.3) is 12.3 Å². The molecule has 1 amide bonds. The number of carboxylic acids is 1. The first-order chi connectivity index (χ1) is 18.9. The van der Waals surface area contributed by atoms with Crippen molar-refractivity contribution in [3.63, 3.8) is 0 Å². The van der Waals surface area contributed by atoms with E-state index in [-0.39, 0.29) is 18.9 Å². The van der Waals surface area contributed by atoms with Gasteiger partial charge in [-0.3, -0.25) is 9.59 Å². The lowest BCUT2D eigenvalue weighted by Crippen LogP contribution is -2.40. The van der Waals surface area contributed by atoms with Crippen molar-refractivity contribution < 1.29 is 31.9 Å². The van der Waals surface area contributed by atoms with Gasteiger partial charge in [0, 0.05) is 35.6 Å². The minimum Gasteiger partial charge on any atom is -0.481 e. The number of rotatable bonds is 11. The molecule has 1 saturated carbocycles. The molecule has 0 aliphatic heterocycles. The average Bonchev–Trinajstić information content (AvgIpc) is 3.18. The Balaban J connectivity index is 2.04. The number of hydrogen-bond acceptors (Lipinski definition) is 4. The fourth-order valence-electron chi connectivity index (χ4n) is 5.25.